The zero-order chi connectivity index (χ0) is 18.1. The van der Waals surface area contributed by atoms with Crippen molar-refractivity contribution in [3.63, 3.8) is 0 Å². The predicted molar refractivity (Wildman–Crippen MR) is 93.0 cm³/mol. The number of fused-ring (bicyclic) bond motifs is 1. The highest BCUT2D eigenvalue weighted by atomic mass is 16.6. The van der Waals surface area contributed by atoms with Gasteiger partial charge in [0.05, 0.1) is 5.56 Å². The number of ether oxygens (including phenoxy) is 2. The fourth-order valence-corrected chi connectivity index (χ4v) is 3.26. The molecular formula is C20H17NO5. The van der Waals surface area contributed by atoms with Gasteiger partial charge < -0.3 is 14.4 Å². The molecule has 0 aliphatic carbocycles. The van der Waals surface area contributed by atoms with Gasteiger partial charge in [-0.2, -0.15) is 0 Å². The van der Waals surface area contributed by atoms with E-state index >= 15 is 0 Å². The first-order valence-corrected chi connectivity index (χ1v) is 8.53. The molecule has 2 heterocycles. The first kappa shape index (κ1) is 16.3. The Morgan fingerprint density at radius 3 is 2.58 bits per heavy atom. The Kier molecular flexibility index (Phi) is 4.16. The van der Waals surface area contributed by atoms with Gasteiger partial charge in [-0.25, -0.2) is 9.59 Å². The van der Waals surface area contributed by atoms with E-state index in [1.807, 2.05) is 6.07 Å². The molecule has 2 aromatic rings. The van der Waals surface area contributed by atoms with Gasteiger partial charge in [-0.1, -0.05) is 18.2 Å². The second-order valence-electron chi connectivity index (χ2n) is 6.32. The van der Waals surface area contributed by atoms with E-state index in [0.717, 1.165) is 17.7 Å². The molecule has 0 saturated carbocycles. The zero-order valence-electron chi connectivity index (χ0n) is 14.0. The molecule has 2 aliphatic rings. The fraction of sp³-hybridized carbons (Fsp3) is 0.250. The maximum atomic E-state index is 12.4. The number of nitrogens with zero attached hydrogens (tertiary/aromatic N) is 1. The standard InChI is InChI=1S/C20H17NO5/c22-18-6-3-11-21(18)14-7-9-15(10-8-14)25-20(24)17-12-13-4-1-2-5-16(13)19(23)26-17/h1-2,4-5,7-10,17H,3,6,11-12H2. The first-order chi connectivity index (χ1) is 12.6. The number of carbonyl (C=O) groups excluding carboxylic acids is 3. The number of anilines is 1. The van der Waals surface area contributed by atoms with Gasteiger partial charge in [-0.3, -0.25) is 4.79 Å². The van der Waals surface area contributed by atoms with Crippen LogP contribution in [0.2, 0.25) is 0 Å². The van der Waals surface area contributed by atoms with Crippen molar-refractivity contribution in [3.8, 4) is 5.75 Å². The molecule has 26 heavy (non-hydrogen) atoms. The van der Waals surface area contributed by atoms with Crippen molar-refractivity contribution >= 4 is 23.5 Å². The minimum Gasteiger partial charge on any atom is -0.446 e. The molecule has 0 spiro atoms. The van der Waals surface area contributed by atoms with Gasteiger partial charge in [0, 0.05) is 25.1 Å². The number of hydrogen-bond acceptors (Lipinski definition) is 5. The summed E-state index contributed by atoms with van der Waals surface area (Å²) in [6.45, 7) is 0.704. The van der Waals surface area contributed by atoms with Gasteiger partial charge in [0.15, 0.2) is 0 Å². The van der Waals surface area contributed by atoms with Crippen LogP contribution in [0, 0.1) is 0 Å². The Morgan fingerprint density at radius 2 is 1.85 bits per heavy atom. The van der Waals surface area contributed by atoms with E-state index in [-0.39, 0.29) is 5.91 Å². The van der Waals surface area contributed by atoms with Gasteiger partial charge >= 0.3 is 11.9 Å². The molecule has 0 aromatic heterocycles. The van der Waals surface area contributed by atoms with Crippen LogP contribution in [0.5, 0.6) is 5.75 Å². The Balaban J connectivity index is 1.44. The lowest BCUT2D eigenvalue weighted by Crippen LogP contribution is -2.37. The number of carbonyl (C=O) groups is 3. The molecule has 0 bridgehead atoms. The Hall–Kier alpha value is -3.15. The third-order valence-electron chi connectivity index (χ3n) is 4.60. The smallest absolute Gasteiger partial charge is 0.353 e. The Morgan fingerprint density at radius 1 is 1.08 bits per heavy atom. The molecule has 4 rings (SSSR count). The number of hydrogen-bond donors (Lipinski definition) is 0. The number of benzene rings is 2. The monoisotopic (exact) mass is 351 g/mol. The molecule has 2 aliphatic heterocycles. The molecule has 1 amide bonds. The average Bonchev–Trinajstić information content (AvgIpc) is 3.08. The lowest BCUT2D eigenvalue weighted by Gasteiger charge is -2.23. The van der Waals surface area contributed by atoms with Crippen molar-refractivity contribution in [2.45, 2.75) is 25.4 Å². The molecule has 1 fully saturated rings. The molecule has 1 saturated heterocycles. The number of rotatable bonds is 3. The highest BCUT2D eigenvalue weighted by molar-refractivity contribution is 5.96. The van der Waals surface area contributed by atoms with Crippen LogP contribution in [0.25, 0.3) is 0 Å². The largest absolute Gasteiger partial charge is 0.446 e. The van der Waals surface area contributed by atoms with E-state index in [0.29, 0.717) is 30.7 Å². The van der Waals surface area contributed by atoms with E-state index < -0.39 is 18.0 Å². The Bertz CT molecular complexity index is 874. The molecular weight excluding hydrogens is 334 g/mol. The van der Waals surface area contributed by atoms with Crippen LogP contribution in [0.15, 0.2) is 48.5 Å². The molecule has 0 N–H and O–H groups in total. The second kappa shape index (κ2) is 6.63. The summed E-state index contributed by atoms with van der Waals surface area (Å²) >= 11 is 0. The van der Waals surface area contributed by atoms with Gasteiger partial charge in [0.1, 0.15) is 5.75 Å². The van der Waals surface area contributed by atoms with E-state index in [2.05, 4.69) is 0 Å². The topological polar surface area (TPSA) is 72.9 Å². The van der Waals surface area contributed by atoms with Gasteiger partial charge in [0.2, 0.25) is 12.0 Å². The lowest BCUT2D eigenvalue weighted by molar-refractivity contribution is -0.144. The van der Waals surface area contributed by atoms with Crippen LogP contribution >= 0.6 is 0 Å². The van der Waals surface area contributed by atoms with E-state index in [4.69, 9.17) is 9.47 Å². The van der Waals surface area contributed by atoms with Crippen LogP contribution in [-0.2, 0) is 20.7 Å². The lowest BCUT2D eigenvalue weighted by atomic mass is 9.99. The minimum absolute atomic E-state index is 0.0996. The van der Waals surface area contributed by atoms with Crippen molar-refractivity contribution in [2.24, 2.45) is 0 Å². The van der Waals surface area contributed by atoms with E-state index in [1.54, 1.807) is 47.4 Å². The summed E-state index contributed by atoms with van der Waals surface area (Å²) in [6.07, 6.45) is 0.744. The SMILES string of the molecule is O=C1OC(C(=O)Oc2ccc(N3CCCC3=O)cc2)Cc2ccccc21. The number of amides is 1. The highest BCUT2D eigenvalue weighted by Crippen LogP contribution is 2.25. The Labute approximate surface area is 150 Å². The van der Waals surface area contributed by atoms with E-state index in [9.17, 15) is 14.4 Å². The predicted octanol–water partition coefficient (Wildman–Crippen LogP) is 2.50. The summed E-state index contributed by atoms with van der Waals surface area (Å²) in [5.41, 5.74) is 2.04. The molecule has 6 heteroatoms. The quantitative estimate of drug-likeness (QED) is 0.627. The summed E-state index contributed by atoms with van der Waals surface area (Å²) in [6, 6.07) is 13.8. The molecule has 1 atom stereocenters. The van der Waals surface area contributed by atoms with Gasteiger partial charge in [0.25, 0.3) is 0 Å². The third-order valence-corrected chi connectivity index (χ3v) is 4.60. The summed E-state index contributed by atoms with van der Waals surface area (Å²) < 4.78 is 10.5. The molecule has 6 nitrogen and oxygen atoms in total. The van der Waals surface area contributed by atoms with Crippen molar-refractivity contribution in [3.05, 3.63) is 59.7 Å². The number of esters is 2. The van der Waals surface area contributed by atoms with Gasteiger partial charge in [-0.05, 0) is 42.3 Å². The summed E-state index contributed by atoms with van der Waals surface area (Å²) in [5, 5.41) is 0. The van der Waals surface area contributed by atoms with Crippen LogP contribution in [0.4, 0.5) is 5.69 Å². The van der Waals surface area contributed by atoms with Gasteiger partial charge in [-0.15, -0.1) is 0 Å². The highest BCUT2D eigenvalue weighted by Gasteiger charge is 2.32. The number of cyclic esters (lactones) is 1. The molecule has 1 unspecified atom stereocenters. The minimum atomic E-state index is -0.961. The molecule has 2 aromatic carbocycles. The summed E-state index contributed by atoms with van der Waals surface area (Å²) in [5.74, 6) is -0.683. The van der Waals surface area contributed by atoms with Crippen LogP contribution in [0.1, 0.15) is 28.8 Å². The normalized spacial score (nSPS) is 19.1. The third kappa shape index (κ3) is 3.06. The van der Waals surface area contributed by atoms with Crippen LogP contribution in [0.3, 0.4) is 0 Å². The molecule has 0 radical (unpaired) electrons. The maximum absolute atomic E-state index is 12.4. The summed E-state index contributed by atoms with van der Waals surface area (Å²) in [7, 11) is 0. The first-order valence-electron chi connectivity index (χ1n) is 8.53. The van der Waals surface area contributed by atoms with Crippen molar-refractivity contribution in [2.75, 3.05) is 11.4 Å². The fourth-order valence-electron chi connectivity index (χ4n) is 3.26. The van der Waals surface area contributed by atoms with Crippen LogP contribution < -0.4 is 9.64 Å². The molecule has 132 valence electrons. The van der Waals surface area contributed by atoms with E-state index in [1.165, 1.54) is 0 Å². The van der Waals surface area contributed by atoms with Crippen LogP contribution in [-0.4, -0.2) is 30.5 Å². The van der Waals surface area contributed by atoms with Crippen molar-refractivity contribution < 1.29 is 23.9 Å². The van der Waals surface area contributed by atoms with Crippen molar-refractivity contribution in [1.29, 1.82) is 0 Å². The average molecular weight is 351 g/mol. The van der Waals surface area contributed by atoms with Crippen molar-refractivity contribution in [1.82, 2.24) is 0 Å². The maximum Gasteiger partial charge on any atom is 0.353 e. The zero-order valence-corrected chi connectivity index (χ0v) is 14.0. The second-order valence-corrected chi connectivity index (χ2v) is 6.32. The summed E-state index contributed by atoms with van der Waals surface area (Å²) in [4.78, 5) is 37.8.